The molecule has 1 aliphatic carbocycles. The smallest absolute Gasteiger partial charge is 0.451 e. The lowest BCUT2D eigenvalue weighted by molar-refractivity contribution is -0.145. The number of rotatable bonds is 4. The summed E-state index contributed by atoms with van der Waals surface area (Å²) in [5.41, 5.74) is -0.449. The van der Waals surface area contributed by atoms with Crippen molar-refractivity contribution in [2.45, 2.75) is 32.0 Å². The maximum atomic E-state index is 12.6. The third-order valence-electron chi connectivity index (χ3n) is 2.88. The van der Waals surface area contributed by atoms with Gasteiger partial charge < -0.3 is 10.0 Å². The van der Waals surface area contributed by atoms with E-state index in [2.05, 4.69) is 9.97 Å². The molecule has 0 radical (unpaired) electrons. The molecule has 0 aromatic carbocycles. The SMILES string of the molecule is Cc1cc(C(=O)N(CC(=O)O)C2CC2)nc(C(F)(F)F)n1. The van der Waals surface area contributed by atoms with Gasteiger partial charge in [-0.2, -0.15) is 13.2 Å². The van der Waals surface area contributed by atoms with Crippen molar-refractivity contribution in [3.8, 4) is 0 Å². The molecule has 6 nitrogen and oxygen atoms in total. The number of alkyl halides is 3. The van der Waals surface area contributed by atoms with Crippen LogP contribution in [0.1, 0.15) is 34.8 Å². The number of carbonyl (C=O) groups excluding carboxylic acids is 1. The number of amides is 1. The van der Waals surface area contributed by atoms with E-state index in [1.54, 1.807) is 0 Å². The van der Waals surface area contributed by atoms with Crippen LogP contribution in [0.25, 0.3) is 0 Å². The van der Waals surface area contributed by atoms with Crippen LogP contribution in [0.15, 0.2) is 6.07 Å². The molecular weight excluding hydrogens is 291 g/mol. The van der Waals surface area contributed by atoms with Crippen molar-refractivity contribution in [1.82, 2.24) is 14.9 Å². The molecular formula is C12H12F3N3O3. The number of aryl methyl sites for hydroxylation is 1. The first-order valence-electron chi connectivity index (χ1n) is 6.14. The summed E-state index contributed by atoms with van der Waals surface area (Å²) in [6.07, 6.45) is -3.50. The molecule has 0 aliphatic heterocycles. The van der Waals surface area contributed by atoms with Crippen molar-refractivity contribution in [3.05, 3.63) is 23.3 Å². The highest BCUT2D eigenvalue weighted by atomic mass is 19.4. The maximum Gasteiger partial charge on any atom is 0.451 e. The van der Waals surface area contributed by atoms with Gasteiger partial charge in [-0.25, -0.2) is 9.97 Å². The van der Waals surface area contributed by atoms with Gasteiger partial charge in [0, 0.05) is 11.7 Å². The molecule has 1 aromatic rings. The zero-order chi connectivity index (χ0) is 15.8. The van der Waals surface area contributed by atoms with E-state index in [1.807, 2.05) is 0 Å². The number of aromatic nitrogens is 2. The minimum Gasteiger partial charge on any atom is -0.480 e. The molecule has 0 bridgehead atoms. The third kappa shape index (κ3) is 3.67. The van der Waals surface area contributed by atoms with Crippen molar-refractivity contribution < 1.29 is 27.9 Å². The Bertz CT molecular complexity index is 585. The Hall–Kier alpha value is -2.19. The van der Waals surface area contributed by atoms with E-state index in [0.29, 0.717) is 12.8 Å². The Morgan fingerprint density at radius 3 is 2.48 bits per heavy atom. The van der Waals surface area contributed by atoms with Gasteiger partial charge >= 0.3 is 12.1 Å². The number of hydrogen-bond donors (Lipinski definition) is 1. The van der Waals surface area contributed by atoms with Gasteiger partial charge in [-0.1, -0.05) is 0 Å². The number of carboxylic acids is 1. The molecule has 9 heteroatoms. The van der Waals surface area contributed by atoms with Crippen LogP contribution in [0.4, 0.5) is 13.2 Å². The van der Waals surface area contributed by atoms with Crippen LogP contribution < -0.4 is 0 Å². The second-order valence-electron chi connectivity index (χ2n) is 4.77. The third-order valence-corrected chi connectivity index (χ3v) is 2.88. The molecule has 1 aliphatic rings. The van der Waals surface area contributed by atoms with E-state index in [9.17, 15) is 22.8 Å². The maximum absolute atomic E-state index is 12.6. The number of halogens is 3. The first-order valence-corrected chi connectivity index (χ1v) is 6.14. The Kier molecular flexibility index (Phi) is 3.84. The van der Waals surface area contributed by atoms with E-state index >= 15 is 0 Å². The molecule has 1 fully saturated rings. The number of aliphatic carboxylic acids is 1. The first-order chi connectivity index (χ1) is 9.68. The average Bonchev–Trinajstić information content (AvgIpc) is 3.17. The summed E-state index contributed by atoms with van der Waals surface area (Å²) in [6.45, 7) is 0.750. The van der Waals surface area contributed by atoms with Crippen LogP contribution in [-0.4, -0.2) is 44.4 Å². The van der Waals surface area contributed by atoms with Crippen molar-refractivity contribution in [3.63, 3.8) is 0 Å². The lowest BCUT2D eigenvalue weighted by Gasteiger charge is -2.20. The number of nitrogens with zero attached hydrogens (tertiary/aromatic N) is 3. The Morgan fingerprint density at radius 1 is 1.38 bits per heavy atom. The molecule has 1 amide bonds. The first kappa shape index (κ1) is 15.2. The van der Waals surface area contributed by atoms with Crippen molar-refractivity contribution >= 4 is 11.9 Å². The van der Waals surface area contributed by atoms with Gasteiger partial charge in [0.15, 0.2) is 0 Å². The summed E-state index contributed by atoms with van der Waals surface area (Å²) >= 11 is 0. The highest BCUT2D eigenvalue weighted by molar-refractivity contribution is 5.94. The Labute approximate surface area is 117 Å². The van der Waals surface area contributed by atoms with Gasteiger partial charge in [0.1, 0.15) is 12.2 Å². The highest BCUT2D eigenvalue weighted by Crippen LogP contribution is 2.29. The molecule has 1 N–H and O–H groups in total. The number of carboxylic acid groups (broad SMARTS) is 1. The largest absolute Gasteiger partial charge is 0.480 e. The van der Waals surface area contributed by atoms with E-state index < -0.39 is 36.1 Å². The van der Waals surface area contributed by atoms with Crippen LogP contribution >= 0.6 is 0 Å². The molecule has 1 saturated carbocycles. The molecule has 0 unspecified atom stereocenters. The standard InChI is InChI=1S/C12H12F3N3O3/c1-6-4-8(17-11(16-6)12(13,14)15)10(21)18(5-9(19)20)7-2-3-7/h4,7H,2-3,5H2,1H3,(H,19,20). The van der Waals surface area contributed by atoms with E-state index in [1.165, 1.54) is 6.92 Å². The van der Waals surface area contributed by atoms with Gasteiger partial charge in [0.05, 0.1) is 0 Å². The topological polar surface area (TPSA) is 83.4 Å². The van der Waals surface area contributed by atoms with Crippen molar-refractivity contribution in [2.24, 2.45) is 0 Å². The van der Waals surface area contributed by atoms with E-state index in [-0.39, 0.29) is 11.7 Å². The summed E-state index contributed by atoms with van der Waals surface area (Å²) < 4.78 is 37.9. The number of carbonyl (C=O) groups is 2. The zero-order valence-corrected chi connectivity index (χ0v) is 11.0. The van der Waals surface area contributed by atoms with Gasteiger partial charge in [-0.05, 0) is 25.8 Å². The molecule has 0 spiro atoms. The molecule has 114 valence electrons. The molecule has 21 heavy (non-hydrogen) atoms. The minimum absolute atomic E-state index is 0.00764. The fourth-order valence-electron chi connectivity index (χ4n) is 1.85. The monoisotopic (exact) mass is 303 g/mol. The van der Waals surface area contributed by atoms with Crippen LogP contribution in [0.5, 0.6) is 0 Å². The van der Waals surface area contributed by atoms with Crippen LogP contribution in [0, 0.1) is 6.92 Å². The molecule has 0 atom stereocenters. The fraction of sp³-hybridized carbons (Fsp3) is 0.500. The normalized spacial score (nSPS) is 14.9. The van der Waals surface area contributed by atoms with E-state index in [4.69, 9.17) is 5.11 Å². The molecule has 2 rings (SSSR count). The highest BCUT2D eigenvalue weighted by Gasteiger charge is 2.38. The second-order valence-corrected chi connectivity index (χ2v) is 4.77. The lowest BCUT2D eigenvalue weighted by Crippen LogP contribution is -2.38. The summed E-state index contributed by atoms with van der Waals surface area (Å²) in [6, 6.07) is 0.868. The lowest BCUT2D eigenvalue weighted by atomic mass is 10.2. The van der Waals surface area contributed by atoms with Crippen molar-refractivity contribution in [1.29, 1.82) is 0 Å². The summed E-state index contributed by atoms with van der Waals surface area (Å²) in [4.78, 5) is 30.5. The summed E-state index contributed by atoms with van der Waals surface area (Å²) in [5.74, 6) is -3.45. The van der Waals surface area contributed by atoms with Gasteiger partial charge in [0.25, 0.3) is 5.91 Å². The average molecular weight is 303 g/mol. The minimum atomic E-state index is -4.77. The van der Waals surface area contributed by atoms with Crippen LogP contribution in [0.2, 0.25) is 0 Å². The quantitative estimate of drug-likeness (QED) is 0.911. The molecule has 0 saturated heterocycles. The van der Waals surface area contributed by atoms with Crippen LogP contribution in [0.3, 0.4) is 0 Å². The van der Waals surface area contributed by atoms with Gasteiger partial charge in [0.2, 0.25) is 5.82 Å². The van der Waals surface area contributed by atoms with Crippen molar-refractivity contribution in [2.75, 3.05) is 6.54 Å². The van der Waals surface area contributed by atoms with Crippen LogP contribution in [-0.2, 0) is 11.0 Å². The zero-order valence-electron chi connectivity index (χ0n) is 11.0. The van der Waals surface area contributed by atoms with E-state index in [0.717, 1.165) is 11.0 Å². The summed E-state index contributed by atoms with van der Waals surface area (Å²) in [5, 5.41) is 8.79. The Morgan fingerprint density at radius 2 is 2.00 bits per heavy atom. The predicted molar refractivity (Wildman–Crippen MR) is 63.5 cm³/mol. The van der Waals surface area contributed by atoms with Gasteiger partial charge in [-0.3, -0.25) is 9.59 Å². The predicted octanol–water partition coefficient (Wildman–Crippen LogP) is 1.49. The second kappa shape index (κ2) is 5.30. The fourth-order valence-corrected chi connectivity index (χ4v) is 1.85. The Balaban J connectivity index is 2.33. The molecule has 1 aromatic heterocycles. The number of hydrogen-bond acceptors (Lipinski definition) is 4. The molecule has 1 heterocycles. The van der Waals surface area contributed by atoms with Gasteiger partial charge in [-0.15, -0.1) is 0 Å². The summed E-state index contributed by atoms with van der Waals surface area (Å²) in [7, 11) is 0.